The summed E-state index contributed by atoms with van der Waals surface area (Å²) in [4.78, 5) is 31.3. The Balaban J connectivity index is 1.91. The summed E-state index contributed by atoms with van der Waals surface area (Å²) in [5.74, 6) is 0.700. The molecule has 0 saturated heterocycles. The molecular formula is C24H32N2O3S. The highest BCUT2D eigenvalue weighted by atomic mass is 32.1. The van der Waals surface area contributed by atoms with Crippen LogP contribution in [-0.2, 0) is 16.0 Å². The molecule has 0 unspecified atom stereocenters. The molecule has 162 valence electrons. The first kappa shape index (κ1) is 22.3. The van der Waals surface area contributed by atoms with Crippen molar-refractivity contribution in [2.75, 3.05) is 20.2 Å². The van der Waals surface area contributed by atoms with E-state index in [9.17, 15) is 9.59 Å². The zero-order valence-corrected chi connectivity index (χ0v) is 19.4. The zero-order chi connectivity index (χ0) is 21.8. The van der Waals surface area contributed by atoms with E-state index in [0.717, 1.165) is 24.2 Å². The van der Waals surface area contributed by atoms with Crippen molar-refractivity contribution < 1.29 is 14.3 Å². The summed E-state index contributed by atoms with van der Waals surface area (Å²) in [6.07, 6.45) is 1.68. The smallest absolute Gasteiger partial charge is 0.243 e. The maximum Gasteiger partial charge on any atom is 0.243 e. The number of carbonyl (C=O) groups is 2. The minimum Gasteiger partial charge on any atom is -0.497 e. The number of amides is 2. The average Bonchev–Trinajstić information content (AvgIpc) is 3.24. The van der Waals surface area contributed by atoms with Crippen molar-refractivity contribution in [1.82, 2.24) is 9.80 Å². The number of thiophene rings is 1. The fourth-order valence-corrected chi connectivity index (χ4v) is 4.87. The molecule has 0 N–H and O–H groups in total. The third kappa shape index (κ3) is 4.53. The first-order valence-corrected chi connectivity index (χ1v) is 11.6. The van der Waals surface area contributed by atoms with Gasteiger partial charge in [0.15, 0.2) is 0 Å². The van der Waals surface area contributed by atoms with Crippen LogP contribution in [0.4, 0.5) is 0 Å². The van der Waals surface area contributed by atoms with Gasteiger partial charge in [0.25, 0.3) is 0 Å². The highest BCUT2D eigenvalue weighted by Crippen LogP contribution is 2.38. The van der Waals surface area contributed by atoms with E-state index in [1.165, 1.54) is 10.4 Å². The van der Waals surface area contributed by atoms with Gasteiger partial charge >= 0.3 is 0 Å². The lowest BCUT2D eigenvalue weighted by atomic mass is 9.93. The predicted molar refractivity (Wildman–Crippen MR) is 121 cm³/mol. The molecule has 0 saturated carbocycles. The molecule has 0 radical (unpaired) electrons. The highest BCUT2D eigenvalue weighted by Gasteiger charge is 2.35. The fraction of sp³-hybridized carbons (Fsp3) is 0.500. The predicted octanol–water partition coefficient (Wildman–Crippen LogP) is 4.51. The summed E-state index contributed by atoms with van der Waals surface area (Å²) >= 11 is 1.75. The van der Waals surface area contributed by atoms with Crippen LogP contribution in [0.2, 0.25) is 0 Å². The standard InChI is InChI=1S/C24H32N2O3S/c1-6-17(4)26(24(28)16(2)3)15-22(27)25-13-11-21-20(12-14-30-21)23(25)18-7-9-19(29-5)10-8-18/h7-10,12,14,16-17,23H,6,11,13,15H2,1-5H3/t17-,23-/m0/s1. The topological polar surface area (TPSA) is 49.9 Å². The lowest BCUT2D eigenvalue weighted by Crippen LogP contribution is -2.50. The number of fused-ring (bicyclic) bond motifs is 1. The first-order chi connectivity index (χ1) is 14.4. The van der Waals surface area contributed by atoms with Gasteiger partial charge in [0.1, 0.15) is 12.3 Å². The molecule has 2 amide bonds. The number of nitrogens with zero attached hydrogens (tertiary/aromatic N) is 2. The molecule has 2 atom stereocenters. The van der Waals surface area contributed by atoms with Gasteiger partial charge in [0.05, 0.1) is 13.2 Å². The van der Waals surface area contributed by atoms with Crippen LogP contribution >= 0.6 is 11.3 Å². The summed E-state index contributed by atoms with van der Waals surface area (Å²) < 4.78 is 5.30. The number of carbonyl (C=O) groups excluding carboxylic acids is 2. The molecule has 0 fully saturated rings. The van der Waals surface area contributed by atoms with Gasteiger partial charge in [-0.2, -0.15) is 0 Å². The molecule has 3 rings (SSSR count). The van der Waals surface area contributed by atoms with Gasteiger partial charge in [-0.05, 0) is 54.5 Å². The summed E-state index contributed by atoms with van der Waals surface area (Å²) in [6, 6.07) is 9.96. The Hall–Kier alpha value is -2.34. The molecule has 1 aliphatic rings. The molecule has 0 spiro atoms. The van der Waals surface area contributed by atoms with E-state index in [-0.39, 0.29) is 36.4 Å². The molecule has 30 heavy (non-hydrogen) atoms. The summed E-state index contributed by atoms with van der Waals surface area (Å²) in [5.41, 5.74) is 2.25. The normalized spacial score (nSPS) is 16.9. The first-order valence-electron chi connectivity index (χ1n) is 10.7. The Morgan fingerprint density at radius 2 is 1.90 bits per heavy atom. The summed E-state index contributed by atoms with van der Waals surface area (Å²) in [5, 5.41) is 2.10. The third-order valence-corrected chi connectivity index (χ3v) is 6.92. The average molecular weight is 429 g/mol. The Bertz CT molecular complexity index is 875. The molecule has 0 aliphatic carbocycles. The SMILES string of the molecule is CC[C@H](C)N(CC(=O)N1CCc2sccc2[C@@H]1c1ccc(OC)cc1)C(=O)C(C)C. The number of benzene rings is 1. The minimum absolute atomic E-state index is 0.00182. The lowest BCUT2D eigenvalue weighted by Gasteiger charge is -2.39. The Kier molecular flexibility index (Phi) is 7.19. The molecule has 5 nitrogen and oxygen atoms in total. The third-order valence-electron chi connectivity index (χ3n) is 5.92. The van der Waals surface area contributed by atoms with E-state index in [1.54, 1.807) is 23.3 Å². The molecule has 2 heterocycles. The van der Waals surface area contributed by atoms with E-state index in [2.05, 4.69) is 18.4 Å². The Labute approximate surface area is 183 Å². The fourth-order valence-electron chi connectivity index (χ4n) is 3.97. The second-order valence-electron chi connectivity index (χ2n) is 8.19. The lowest BCUT2D eigenvalue weighted by molar-refractivity contribution is -0.145. The van der Waals surface area contributed by atoms with Crippen LogP contribution in [0.5, 0.6) is 5.75 Å². The van der Waals surface area contributed by atoms with Gasteiger partial charge in [-0.1, -0.05) is 32.9 Å². The monoisotopic (exact) mass is 428 g/mol. The molecule has 2 aromatic rings. The van der Waals surface area contributed by atoms with Gasteiger partial charge in [-0.3, -0.25) is 9.59 Å². The van der Waals surface area contributed by atoms with Crippen LogP contribution in [-0.4, -0.2) is 47.9 Å². The van der Waals surface area contributed by atoms with Crippen molar-refractivity contribution in [3.05, 3.63) is 51.7 Å². The van der Waals surface area contributed by atoms with Crippen LogP contribution in [0.15, 0.2) is 35.7 Å². The Morgan fingerprint density at radius 1 is 1.20 bits per heavy atom. The minimum atomic E-state index is -0.133. The van der Waals surface area contributed by atoms with Crippen molar-refractivity contribution in [3.8, 4) is 5.75 Å². The van der Waals surface area contributed by atoms with Crippen LogP contribution in [0.1, 0.15) is 56.2 Å². The van der Waals surface area contributed by atoms with Crippen molar-refractivity contribution >= 4 is 23.2 Å². The van der Waals surface area contributed by atoms with Crippen LogP contribution in [0.3, 0.4) is 0 Å². The molecule has 6 heteroatoms. The van der Waals surface area contributed by atoms with Crippen LogP contribution in [0.25, 0.3) is 0 Å². The zero-order valence-electron chi connectivity index (χ0n) is 18.6. The van der Waals surface area contributed by atoms with Gasteiger partial charge in [0.2, 0.25) is 11.8 Å². The van der Waals surface area contributed by atoms with Gasteiger partial charge in [-0.25, -0.2) is 0 Å². The summed E-state index contributed by atoms with van der Waals surface area (Å²) in [7, 11) is 1.65. The maximum absolute atomic E-state index is 13.5. The number of hydrogen-bond acceptors (Lipinski definition) is 4. The van der Waals surface area contributed by atoms with Crippen molar-refractivity contribution in [2.24, 2.45) is 5.92 Å². The number of rotatable bonds is 7. The molecule has 1 aromatic heterocycles. The van der Waals surface area contributed by atoms with E-state index in [1.807, 2.05) is 49.9 Å². The number of methoxy groups -OCH3 is 1. The van der Waals surface area contributed by atoms with Crippen molar-refractivity contribution in [1.29, 1.82) is 0 Å². The van der Waals surface area contributed by atoms with Crippen LogP contribution in [0, 0.1) is 5.92 Å². The van der Waals surface area contributed by atoms with Crippen LogP contribution < -0.4 is 4.74 Å². The van der Waals surface area contributed by atoms with Crippen molar-refractivity contribution in [2.45, 2.75) is 52.6 Å². The molecule has 0 bridgehead atoms. The maximum atomic E-state index is 13.5. The van der Waals surface area contributed by atoms with E-state index in [0.29, 0.717) is 6.54 Å². The molecule has 1 aromatic carbocycles. The molecule has 1 aliphatic heterocycles. The highest BCUT2D eigenvalue weighted by molar-refractivity contribution is 7.10. The second-order valence-corrected chi connectivity index (χ2v) is 9.19. The van der Waals surface area contributed by atoms with Gasteiger partial charge in [0, 0.05) is 23.4 Å². The van der Waals surface area contributed by atoms with E-state index < -0.39 is 0 Å². The van der Waals surface area contributed by atoms with Gasteiger partial charge in [-0.15, -0.1) is 11.3 Å². The Morgan fingerprint density at radius 3 is 2.50 bits per heavy atom. The molecular weight excluding hydrogens is 396 g/mol. The van der Waals surface area contributed by atoms with E-state index >= 15 is 0 Å². The second kappa shape index (κ2) is 9.65. The van der Waals surface area contributed by atoms with E-state index in [4.69, 9.17) is 4.74 Å². The van der Waals surface area contributed by atoms with Gasteiger partial charge < -0.3 is 14.5 Å². The van der Waals surface area contributed by atoms with Crippen molar-refractivity contribution in [3.63, 3.8) is 0 Å². The number of hydrogen-bond donors (Lipinski definition) is 0. The summed E-state index contributed by atoms with van der Waals surface area (Å²) in [6.45, 7) is 8.63. The number of ether oxygens (including phenoxy) is 1. The largest absolute Gasteiger partial charge is 0.497 e. The quantitative estimate of drug-likeness (QED) is 0.652.